The number of halogens is 1. The van der Waals surface area contributed by atoms with Gasteiger partial charge in [0.1, 0.15) is 0 Å². The molecule has 1 aromatic carbocycles. The molecule has 17 heavy (non-hydrogen) atoms. The number of aromatic amines is 1. The number of hydrogen-bond acceptors (Lipinski definition) is 4. The summed E-state index contributed by atoms with van der Waals surface area (Å²) in [6.07, 6.45) is 1.29. The molecule has 86 valence electrons. The van der Waals surface area contributed by atoms with Gasteiger partial charge in [0.05, 0.1) is 22.6 Å². The minimum atomic E-state index is 0.454. The monoisotopic (exact) mass is 266 g/mol. The minimum Gasteiger partial charge on any atom is -0.343 e. The fourth-order valence-corrected chi connectivity index (χ4v) is 2.19. The molecule has 7 heteroatoms. The van der Waals surface area contributed by atoms with Crippen LogP contribution in [0.1, 0.15) is 5.82 Å². The molecule has 1 N–H and O–H groups in total. The Labute approximate surface area is 106 Å². The lowest BCUT2D eigenvalue weighted by Crippen LogP contribution is -2.01. The Morgan fingerprint density at radius 2 is 2.35 bits per heavy atom. The number of para-hydroxylation sites is 1. The van der Waals surface area contributed by atoms with E-state index in [0.29, 0.717) is 22.2 Å². The third-order valence-corrected chi connectivity index (χ3v) is 3.10. The highest BCUT2D eigenvalue weighted by Gasteiger charge is 2.09. The van der Waals surface area contributed by atoms with Crippen molar-refractivity contribution in [1.82, 2.24) is 19.7 Å². The van der Waals surface area contributed by atoms with Crippen LogP contribution in [0.25, 0.3) is 11.0 Å². The molecule has 0 saturated carbocycles. The fourth-order valence-electron chi connectivity index (χ4n) is 1.71. The SMILES string of the molecule is S=c1[nH]c2c(Cl)cccc2n1Cc1ncon1. The summed E-state index contributed by atoms with van der Waals surface area (Å²) in [5.74, 6) is 0.571. The summed E-state index contributed by atoms with van der Waals surface area (Å²) >= 11 is 11.3. The van der Waals surface area contributed by atoms with Gasteiger partial charge in [-0.25, -0.2) is 0 Å². The zero-order valence-electron chi connectivity index (χ0n) is 8.55. The van der Waals surface area contributed by atoms with E-state index in [2.05, 4.69) is 15.1 Å². The highest BCUT2D eigenvalue weighted by Crippen LogP contribution is 2.22. The number of H-pyrrole nitrogens is 1. The molecule has 0 saturated heterocycles. The summed E-state index contributed by atoms with van der Waals surface area (Å²) in [5.41, 5.74) is 1.75. The fraction of sp³-hybridized carbons (Fsp3) is 0.100. The van der Waals surface area contributed by atoms with Gasteiger partial charge in [0.15, 0.2) is 10.6 Å². The van der Waals surface area contributed by atoms with Crippen molar-refractivity contribution in [3.05, 3.63) is 40.2 Å². The summed E-state index contributed by atoms with van der Waals surface area (Å²) in [6.45, 7) is 0.454. The molecular weight excluding hydrogens is 260 g/mol. The van der Waals surface area contributed by atoms with Crippen molar-refractivity contribution in [2.45, 2.75) is 6.54 Å². The number of aromatic nitrogens is 4. The van der Waals surface area contributed by atoms with Crippen molar-refractivity contribution in [3.63, 3.8) is 0 Å². The van der Waals surface area contributed by atoms with Crippen LogP contribution in [0.5, 0.6) is 0 Å². The van der Waals surface area contributed by atoms with E-state index < -0.39 is 0 Å². The molecule has 3 aromatic rings. The molecule has 0 amide bonds. The predicted molar refractivity (Wildman–Crippen MR) is 65.5 cm³/mol. The molecule has 0 aliphatic carbocycles. The van der Waals surface area contributed by atoms with Crippen molar-refractivity contribution in [2.75, 3.05) is 0 Å². The number of benzene rings is 1. The quantitative estimate of drug-likeness (QED) is 0.725. The van der Waals surface area contributed by atoms with Crippen LogP contribution in [-0.2, 0) is 6.54 Å². The van der Waals surface area contributed by atoms with Crippen molar-refractivity contribution >= 4 is 34.9 Å². The number of imidazole rings is 1. The number of rotatable bonds is 2. The lowest BCUT2D eigenvalue weighted by Gasteiger charge is -2.00. The van der Waals surface area contributed by atoms with Gasteiger partial charge in [-0.1, -0.05) is 22.8 Å². The zero-order valence-corrected chi connectivity index (χ0v) is 10.1. The Morgan fingerprint density at radius 1 is 1.47 bits per heavy atom. The van der Waals surface area contributed by atoms with E-state index in [9.17, 15) is 0 Å². The van der Waals surface area contributed by atoms with E-state index in [1.807, 2.05) is 22.8 Å². The molecule has 0 bridgehead atoms. The van der Waals surface area contributed by atoms with Crippen LogP contribution in [0.4, 0.5) is 0 Å². The second-order valence-corrected chi connectivity index (χ2v) is 4.29. The van der Waals surface area contributed by atoms with E-state index >= 15 is 0 Å². The third kappa shape index (κ3) is 1.75. The number of nitrogens with zero attached hydrogens (tertiary/aromatic N) is 3. The summed E-state index contributed by atoms with van der Waals surface area (Å²) in [4.78, 5) is 7.04. The van der Waals surface area contributed by atoms with Crippen LogP contribution in [-0.4, -0.2) is 19.7 Å². The van der Waals surface area contributed by atoms with Gasteiger partial charge in [-0.15, -0.1) is 0 Å². The standard InChI is InChI=1S/C10H7ClN4OS/c11-6-2-1-3-7-9(6)13-10(17)15(7)4-8-12-5-16-14-8/h1-3,5H,4H2,(H,13,17). The van der Waals surface area contributed by atoms with Gasteiger partial charge in [0.25, 0.3) is 0 Å². The van der Waals surface area contributed by atoms with Gasteiger partial charge in [0.2, 0.25) is 6.39 Å². The van der Waals surface area contributed by atoms with Gasteiger partial charge >= 0.3 is 0 Å². The minimum absolute atomic E-state index is 0.454. The van der Waals surface area contributed by atoms with Gasteiger partial charge in [-0.3, -0.25) is 0 Å². The highest BCUT2D eigenvalue weighted by atomic mass is 35.5. The van der Waals surface area contributed by atoms with Crippen molar-refractivity contribution in [1.29, 1.82) is 0 Å². The van der Waals surface area contributed by atoms with Crippen molar-refractivity contribution < 1.29 is 4.52 Å². The molecule has 0 radical (unpaired) electrons. The van der Waals surface area contributed by atoms with Crippen molar-refractivity contribution in [3.8, 4) is 0 Å². The molecule has 0 aliphatic rings. The number of hydrogen-bond donors (Lipinski definition) is 1. The summed E-state index contributed by atoms with van der Waals surface area (Å²) in [7, 11) is 0. The van der Waals surface area contributed by atoms with Gasteiger partial charge in [0, 0.05) is 0 Å². The van der Waals surface area contributed by atoms with E-state index in [1.54, 1.807) is 0 Å². The number of fused-ring (bicyclic) bond motifs is 1. The summed E-state index contributed by atoms with van der Waals surface area (Å²) < 4.78 is 7.15. The van der Waals surface area contributed by atoms with Crippen LogP contribution in [0.15, 0.2) is 29.1 Å². The Kier molecular flexibility index (Phi) is 2.45. The normalized spacial score (nSPS) is 11.1. The predicted octanol–water partition coefficient (Wildman–Crippen LogP) is 2.78. The molecule has 0 aliphatic heterocycles. The van der Waals surface area contributed by atoms with E-state index in [4.69, 9.17) is 28.3 Å². The van der Waals surface area contributed by atoms with E-state index in [0.717, 1.165) is 11.0 Å². The Hall–Kier alpha value is -1.66. The average molecular weight is 267 g/mol. The summed E-state index contributed by atoms with van der Waals surface area (Å²) in [6, 6.07) is 5.63. The molecule has 5 nitrogen and oxygen atoms in total. The second-order valence-electron chi connectivity index (χ2n) is 3.50. The maximum Gasteiger partial charge on any atom is 0.213 e. The average Bonchev–Trinajstić information content (AvgIpc) is 2.91. The molecule has 0 unspecified atom stereocenters. The largest absolute Gasteiger partial charge is 0.343 e. The van der Waals surface area contributed by atoms with Crippen molar-refractivity contribution in [2.24, 2.45) is 0 Å². The maximum atomic E-state index is 6.08. The van der Waals surface area contributed by atoms with E-state index in [-0.39, 0.29) is 0 Å². The Bertz CT molecular complexity index is 716. The Balaban J connectivity index is 2.19. The van der Waals surface area contributed by atoms with Crippen LogP contribution in [0.2, 0.25) is 5.02 Å². The first-order chi connectivity index (χ1) is 8.25. The van der Waals surface area contributed by atoms with E-state index in [1.165, 1.54) is 6.39 Å². The van der Waals surface area contributed by atoms with Crippen LogP contribution in [0.3, 0.4) is 0 Å². The van der Waals surface area contributed by atoms with Gasteiger partial charge in [-0.05, 0) is 24.4 Å². The van der Waals surface area contributed by atoms with Gasteiger partial charge < -0.3 is 14.1 Å². The van der Waals surface area contributed by atoms with Crippen LogP contribution in [0, 0.1) is 4.77 Å². The topological polar surface area (TPSA) is 59.6 Å². The Morgan fingerprint density at radius 3 is 3.12 bits per heavy atom. The van der Waals surface area contributed by atoms with Crippen LogP contribution < -0.4 is 0 Å². The molecule has 0 fully saturated rings. The lowest BCUT2D eigenvalue weighted by molar-refractivity contribution is 0.408. The highest BCUT2D eigenvalue weighted by molar-refractivity contribution is 7.71. The molecule has 2 aromatic heterocycles. The summed E-state index contributed by atoms with van der Waals surface area (Å²) in [5, 5.41) is 4.40. The number of nitrogens with one attached hydrogen (secondary N) is 1. The zero-order chi connectivity index (χ0) is 11.8. The molecule has 3 rings (SSSR count). The molecular formula is C10H7ClN4OS. The lowest BCUT2D eigenvalue weighted by atomic mass is 10.3. The van der Waals surface area contributed by atoms with Crippen LogP contribution >= 0.6 is 23.8 Å². The smallest absolute Gasteiger partial charge is 0.213 e. The second kappa shape index (κ2) is 3.97. The molecule has 2 heterocycles. The van der Waals surface area contributed by atoms with Gasteiger partial charge in [-0.2, -0.15) is 4.98 Å². The first-order valence-corrected chi connectivity index (χ1v) is 5.66. The third-order valence-electron chi connectivity index (χ3n) is 2.47. The maximum absolute atomic E-state index is 6.08. The molecule has 0 atom stereocenters. The first-order valence-electron chi connectivity index (χ1n) is 4.88. The molecule has 0 spiro atoms. The first kappa shape index (κ1) is 10.5.